The number of aliphatic hydroxyl groups is 1. The average Bonchev–Trinajstić information content (AvgIpc) is 2.27. The van der Waals surface area contributed by atoms with E-state index in [4.69, 9.17) is 27.9 Å². The highest BCUT2D eigenvalue weighted by Gasteiger charge is 2.33. The van der Waals surface area contributed by atoms with Gasteiger partial charge < -0.3 is 9.84 Å². The van der Waals surface area contributed by atoms with Crippen LogP contribution in [0.4, 0.5) is 0 Å². The molecule has 3 atom stereocenters. The van der Waals surface area contributed by atoms with Crippen molar-refractivity contribution in [3.63, 3.8) is 0 Å². The monoisotopic (exact) mass is 288 g/mol. The Morgan fingerprint density at radius 3 is 2.56 bits per heavy atom. The summed E-state index contributed by atoms with van der Waals surface area (Å²) in [7, 11) is 0. The first-order chi connectivity index (χ1) is 8.49. The van der Waals surface area contributed by atoms with E-state index < -0.39 is 12.2 Å². The lowest BCUT2D eigenvalue weighted by atomic mass is 9.89. The molecule has 0 aliphatic carbocycles. The minimum atomic E-state index is -0.653. The zero-order valence-electron chi connectivity index (χ0n) is 9.90. The Bertz CT molecular complexity index is 441. The molecule has 1 aromatic carbocycles. The number of halogens is 2. The predicted molar refractivity (Wildman–Crippen MR) is 70.0 cm³/mol. The van der Waals surface area contributed by atoms with Crippen LogP contribution in [0, 0.1) is 0 Å². The van der Waals surface area contributed by atoms with E-state index in [1.165, 1.54) is 0 Å². The van der Waals surface area contributed by atoms with E-state index in [9.17, 15) is 9.90 Å². The lowest BCUT2D eigenvalue weighted by Crippen LogP contribution is -2.35. The normalized spacial score (nSPS) is 25.7. The molecule has 0 saturated carbocycles. The Hall–Kier alpha value is -0.770. The van der Waals surface area contributed by atoms with E-state index in [1.807, 2.05) is 6.92 Å². The largest absolute Gasteiger partial charge is 0.462 e. The van der Waals surface area contributed by atoms with E-state index in [1.54, 1.807) is 18.2 Å². The van der Waals surface area contributed by atoms with Crippen LogP contribution in [0.5, 0.6) is 0 Å². The van der Waals surface area contributed by atoms with Gasteiger partial charge in [-0.05, 0) is 17.7 Å². The fourth-order valence-corrected chi connectivity index (χ4v) is 2.99. The molecule has 1 aromatic rings. The first-order valence-corrected chi connectivity index (χ1v) is 6.56. The van der Waals surface area contributed by atoms with Crippen molar-refractivity contribution in [2.24, 2.45) is 0 Å². The molecule has 1 aliphatic rings. The summed E-state index contributed by atoms with van der Waals surface area (Å²) in [5.41, 5.74) is 0.757. The van der Waals surface area contributed by atoms with Crippen molar-refractivity contribution in [1.82, 2.24) is 0 Å². The molecule has 0 bridgehead atoms. The van der Waals surface area contributed by atoms with Gasteiger partial charge in [0, 0.05) is 22.4 Å². The number of aliphatic hydroxyl groups excluding tert-OH is 1. The Labute approximate surface area is 116 Å². The SMILES string of the molecule is CC(c1c(Cl)cccc1Cl)C1CC(O)CC(=O)O1. The third kappa shape index (κ3) is 2.79. The first kappa shape index (κ1) is 13.7. The summed E-state index contributed by atoms with van der Waals surface area (Å²) in [5.74, 6) is -0.529. The summed E-state index contributed by atoms with van der Waals surface area (Å²) >= 11 is 12.3. The van der Waals surface area contributed by atoms with Crippen LogP contribution in [0.1, 0.15) is 31.2 Å². The molecule has 2 rings (SSSR count). The molecule has 1 fully saturated rings. The quantitative estimate of drug-likeness (QED) is 0.851. The van der Waals surface area contributed by atoms with Crippen LogP contribution in [0.2, 0.25) is 10.0 Å². The summed E-state index contributed by atoms with van der Waals surface area (Å²) in [6.45, 7) is 1.89. The molecule has 5 heteroatoms. The second-order valence-corrected chi connectivity index (χ2v) is 5.36. The summed E-state index contributed by atoms with van der Waals surface area (Å²) in [6, 6.07) is 5.27. The Balaban J connectivity index is 2.25. The van der Waals surface area contributed by atoms with E-state index >= 15 is 0 Å². The predicted octanol–water partition coefficient (Wildman–Crippen LogP) is 3.16. The first-order valence-electron chi connectivity index (χ1n) is 5.80. The lowest BCUT2D eigenvalue weighted by Gasteiger charge is -2.31. The standard InChI is InChI=1S/C13H14Cl2O3/c1-7(11-5-8(16)6-12(17)18-11)13-9(14)3-2-4-10(13)15/h2-4,7-8,11,16H,5-6H2,1H3. The number of esters is 1. The van der Waals surface area contributed by atoms with Gasteiger partial charge in [0.1, 0.15) is 6.10 Å². The van der Waals surface area contributed by atoms with Gasteiger partial charge in [0.2, 0.25) is 0 Å². The fraction of sp³-hybridized carbons (Fsp3) is 0.462. The highest BCUT2D eigenvalue weighted by molar-refractivity contribution is 6.36. The molecule has 1 saturated heterocycles. The van der Waals surface area contributed by atoms with Gasteiger partial charge in [-0.2, -0.15) is 0 Å². The van der Waals surface area contributed by atoms with Gasteiger partial charge in [0.25, 0.3) is 0 Å². The molecule has 1 aliphatic heterocycles. The molecule has 3 nitrogen and oxygen atoms in total. The zero-order valence-corrected chi connectivity index (χ0v) is 11.4. The second kappa shape index (κ2) is 5.47. The van der Waals surface area contributed by atoms with Gasteiger partial charge in [0.05, 0.1) is 12.5 Å². The summed E-state index contributed by atoms with van der Waals surface area (Å²) < 4.78 is 5.27. The smallest absolute Gasteiger partial charge is 0.308 e. The van der Waals surface area contributed by atoms with Crippen LogP contribution >= 0.6 is 23.2 Å². The molecule has 0 spiro atoms. The maximum absolute atomic E-state index is 11.3. The van der Waals surface area contributed by atoms with E-state index in [2.05, 4.69) is 0 Å². The zero-order chi connectivity index (χ0) is 13.3. The van der Waals surface area contributed by atoms with Crippen molar-refractivity contribution >= 4 is 29.2 Å². The molecular formula is C13H14Cl2O3. The van der Waals surface area contributed by atoms with Gasteiger partial charge in [-0.3, -0.25) is 4.79 Å². The average molecular weight is 289 g/mol. The maximum atomic E-state index is 11.3. The number of benzene rings is 1. The molecule has 0 aromatic heterocycles. The van der Waals surface area contributed by atoms with Crippen LogP contribution in [0.3, 0.4) is 0 Å². The van der Waals surface area contributed by atoms with Crippen LogP contribution < -0.4 is 0 Å². The topological polar surface area (TPSA) is 46.5 Å². The van der Waals surface area contributed by atoms with Crippen LogP contribution in [0.25, 0.3) is 0 Å². The lowest BCUT2D eigenvalue weighted by molar-refractivity contribution is -0.161. The molecule has 3 unspecified atom stereocenters. The number of hydrogen-bond acceptors (Lipinski definition) is 3. The summed E-state index contributed by atoms with van der Waals surface area (Å²) in [4.78, 5) is 11.3. The Morgan fingerprint density at radius 2 is 2.00 bits per heavy atom. The number of ether oxygens (including phenoxy) is 1. The van der Waals surface area contributed by atoms with Crippen molar-refractivity contribution in [1.29, 1.82) is 0 Å². The fourth-order valence-electron chi connectivity index (χ4n) is 2.25. The summed E-state index contributed by atoms with van der Waals surface area (Å²) in [6.07, 6.45) is -0.577. The number of hydrogen-bond donors (Lipinski definition) is 1. The second-order valence-electron chi connectivity index (χ2n) is 4.55. The highest BCUT2D eigenvalue weighted by atomic mass is 35.5. The van der Waals surface area contributed by atoms with Crippen molar-refractivity contribution < 1.29 is 14.6 Å². The van der Waals surface area contributed by atoms with E-state index in [0.717, 1.165) is 5.56 Å². The molecule has 98 valence electrons. The van der Waals surface area contributed by atoms with Crippen molar-refractivity contribution in [3.05, 3.63) is 33.8 Å². The molecular weight excluding hydrogens is 275 g/mol. The van der Waals surface area contributed by atoms with Gasteiger partial charge >= 0.3 is 5.97 Å². The Morgan fingerprint density at radius 1 is 1.39 bits per heavy atom. The van der Waals surface area contributed by atoms with Crippen LogP contribution in [-0.2, 0) is 9.53 Å². The van der Waals surface area contributed by atoms with Crippen molar-refractivity contribution in [2.45, 2.75) is 37.9 Å². The summed E-state index contributed by atoms with van der Waals surface area (Å²) in [5, 5.41) is 10.7. The minimum Gasteiger partial charge on any atom is -0.462 e. The highest BCUT2D eigenvalue weighted by Crippen LogP contribution is 2.36. The third-order valence-electron chi connectivity index (χ3n) is 3.20. The number of cyclic esters (lactones) is 1. The molecule has 1 N–H and O–H groups in total. The Kier molecular flexibility index (Phi) is 4.15. The van der Waals surface area contributed by atoms with Gasteiger partial charge in [0.15, 0.2) is 0 Å². The van der Waals surface area contributed by atoms with Crippen molar-refractivity contribution in [3.8, 4) is 0 Å². The van der Waals surface area contributed by atoms with Gasteiger partial charge in [-0.15, -0.1) is 0 Å². The van der Waals surface area contributed by atoms with Gasteiger partial charge in [-0.25, -0.2) is 0 Å². The molecule has 0 amide bonds. The number of carbonyl (C=O) groups is 1. The van der Waals surface area contributed by atoms with Crippen LogP contribution in [0.15, 0.2) is 18.2 Å². The third-order valence-corrected chi connectivity index (χ3v) is 3.86. The minimum absolute atomic E-state index is 0.0550. The number of carbonyl (C=O) groups excluding carboxylic acids is 1. The van der Waals surface area contributed by atoms with Crippen LogP contribution in [-0.4, -0.2) is 23.3 Å². The van der Waals surface area contributed by atoms with E-state index in [0.29, 0.717) is 16.5 Å². The van der Waals surface area contributed by atoms with Gasteiger partial charge in [-0.1, -0.05) is 36.2 Å². The van der Waals surface area contributed by atoms with Crippen molar-refractivity contribution in [2.75, 3.05) is 0 Å². The molecule has 1 heterocycles. The maximum Gasteiger partial charge on any atom is 0.308 e. The molecule has 0 radical (unpaired) electrons. The van der Waals surface area contributed by atoms with E-state index in [-0.39, 0.29) is 18.3 Å². The molecule has 18 heavy (non-hydrogen) atoms. The number of rotatable bonds is 2.